The zero-order chi connectivity index (χ0) is 17.0. The molecule has 0 saturated carbocycles. The predicted octanol–water partition coefficient (Wildman–Crippen LogP) is 3.17. The molecule has 1 aromatic carbocycles. The maximum atomic E-state index is 12.0. The van der Waals surface area contributed by atoms with E-state index in [2.05, 4.69) is 29.4 Å². The summed E-state index contributed by atoms with van der Waals surface area (Å²) in [6, 6.07) is 8.75. The molecule has 0 aliphatic carbocycles. The minimum atomic E-state index is -0.469. The highest BCUT2D eigenvalue weighted by atomic mass is 16.6. The number of rotatable bonds is 4. The predicted molar refractivity (Wildman–Crippen MR) is 93.7 cm³/mol. The smallest absolute Gasteiger partial charge is 0.410 e. The SMILES string of the molecule is CN1CCC(Nc2cccc(CN(C)C(=O)OC(C)(C)C)c2)C1. The van der Waals surface area contributed by atoms with E-state index >= 15 is 0 Å². The van der Waals surface area contributed by atoms with Gasteiger partial charge in [-0.1, -0.05) is 12.1 Å². The average Bonchev–Trinajstić information content (AvgIpc) is 2.82. The second-order valence-corrected chi connectivity index (χ2v) is 7.43. The first kappa shape index (κ1) is 17.6. The van der Waals surface area contributed by atoms with E-state index in [1.807, 2.05) is 32.9 Å². The Labute approximate surface area is 139 Å². The van der Waals surface area contributed by atoms with Gasteiger partial charge in [0.1, 0.15) is 5.60 Å². The summed E-state index contributed by atoms with van der Waals surface area (Å²) in [4.78, 5) is 16.0. The monoisotopic (exact) mass is 319 g/mol. The molecule has 2 rings (SSSR count). The van der Waals surface area contributed by atoms with Crippen molar-refractivity contribution in [2.75, 3.05) is 32.5 Å². The molecule has 0 spiro atoms. The molecular weight excluding hydrogens is 290 g/mol. The van der Waals surface area contributed by atoms with Crippen LogP contribution in [0.15, 0.2) is 24.3 Å². The molecule has 1 aliphatic heterocycles. The summed E-state index contributed by atoms with van der Waals surface area (Å²) in [7, 11) is 3.91. The van der Waals surface area contributed by atoms with Gasteiger partial charge in [0.05, 0.1) is 0 Å². The molecule has 1 aliphatic rings. The van der Waals surface area contributed by atoms with Crippen LogP contribution in [0.2, 0.25) is 0 Å². The number of nitrogens with zero attached hydrogens (tertiary/aromatic N) is 2. The molecule has 0 radical (unpaired) electrons. The van der Waals surface area contributed by atoms with E-state index in [1.165, 1.54) is 6.42 Å². The lowest BCUT2D eigenvalue weighted by atomic mass is 10.1. The van der Waals surface area contributed by atoms with Crippen LogP contribution >= 0.6 is 0 Å². The van der Waals surface area contributed by atoms with Crippen molar-refractivity contribution < 1.29 is 9.53 Å². The molecule has 1 heterocycles. The van der Waals surface area contributed by atoms with E-state index in [1.54, 1.807) is 11.9 Å². The lowest BCUT2D eigenvalue weighted by Gasteiger charge is -2.25. The maximum absolute atomic E-state index is 12.0. The molecule has 23 heavy (non-hydrogen) atoms. The van der Waals surface area contributed by atoms with Crippen LogP contribution in [0.5, 0.6) is 0 Å². The molecule has 1 atom stereocenters. The Balaban J connectivity index is 1.93. The van der Waals surface area contributed by atoms with Crippen LogP contribution in [0, 0.1) is 0 Å². The first-order valence-corrected chi connectivity index (χ1v) is 8.21. The Morgan fingerprint density at radius 1 is 1.43 bits per heavy atom. The number of carbonyl (C=O) groups excluding carboxylic acids is 1. The molecule has 0 aromatic heterocycles. The number of likely N-dealkylation sites (tertiary alicyclic amines) is 1. The van der Waals surface area contributed by atoms with E-state index in [0.717, 1.165) is 24.3 Å². The molecule has 1 saturated heterocycles. The molecule has 1 aromatic rings. The van der Waals surface area contributed by atoms with Crippen LogP contribution in [-0.2, 0) is 11.3 Å². The number of likely N-dealkylation sites (N-methyl/N-ethyl adjacent to an activating group) is 1. The second-order valence-electron chi connectivity index (χ2n) is 7.43. The van der Waals surface area contributed by atoms with Gasteiger partial charge < -0.3 is 19.9 Å². The fourth-order valence-corrected chi connectivity index (χ4v) is 2.73. The Morgan fingerprint density at radius 2 is 2.17 bits per heavy atom. The van der Waals surface area contributed by atoms with Gasteiger partial charge >= 0.3 is 6.09 Å². The first-order chi connectivity index (χ1) is 10.7. The topological polar surface area (TPSA) is 44.8 Å². The summed E-state index contributed by atoms with van der Waals surface area (Å²) in [5.74, 6) is 0. The Kier molecular flexibility index (Phi) is 5.52. The van der Waals surface area contributed by atoms with E-state index < -0.39 is 5.60 Å². The van der Waals surface area contributed by atoms with E-state index in [9.17, 15) is 4.79 Å². The standard InChI is InChI=1S/C18H29N3O2/c1-18(2,3)23-17(22)21(5)12-14-7-6-8-15(11-14)19-16-9-10-20(4)13-16/h6-8,11,16,19H,9-10,12-13H2,1-5H3. The summed E-state index contributed by atoms with van der Waals surface area (Å²) in [5, 5.41) is 3.58. The molecule has 1 fully saturated rings. The summed E-state index contributed by atoms with van der Waals surface area (Å²) >= 11 is 0. The molecule has 1 unspecified atom stereocenters. The lowest BCUT2D eigenvalue weighted by Crippen LogP contribution is -2.33. The van der Waals surface area contributed by atoms with Crippen LogP contribution in [0.4, 0.5) is 10.5 Å². The van der Waals surface area contributed by atoms with Crippen molar-refractivity contribution in [3.05, 3.63) is 29.8 Å². The van der Waals surface area contributed by atoms with Crippen molar-refractivity contribution in [3.8, 4) is 0 Å². The van der Waals surface area contributed by atoms with Crippen LogP contribution in [0.25, 0.3) is 0 Å². The van der Waals surface area contributed by atoms with Crippen LogP contribution in [-0.4, -0.2) is 54.7 Å². The zero-order valence-electron chi connectivity index (χ0n) is 14.9. The average molecular weight is 319 g/mol. The Morgan fingerprint density at radius 3 is 2.78 bits per heavy atom. The number of hydrogen-bond acceptors (Lipinski definition) is 4. The lowest BCUT2D eigenvalue weighted by molar-refractivity contribution is 0.0285. The van der Waals surface area contributed by atoms with Crippen molar-refractivity contribution in [3.63, 3.8) is 0 Å². The van der Waals surface area contributed by atoms with Gasteiger partial charge in [-0.2, -0.15) is 0 Å². The Hall–Kier alpha value is -1.75. The number of benzene rings is 1. The highest BCUT2D eigenvalue weighted by Gasteiger charge is 2.20. The number of nitrogens with one attached hydrogen (secondary N) is 1. The molecule has 5 nitrogen and oxygen atoms in total. The Bertz CT molecular complexity index is 539. The van der Waals surface area contributed by atoms with Gasteiger partial charge in [0.15, 0.2) is 0 Å². The van der Waals surface area contributed by atoms with Crippen LogP contribution in [0.1, 0.15) is 32.8 Å². The summed E-state index contributed by atoms with van der Waals surface area (Å²) in [6.07, 6.45) is 0.867. The van der Waals surface area contributed by atoms with Crippen LogP contribution in [0.3, 0.4) is 0 Å². The van der Waals surface area contributed by atoms with E-state index in [4.69, 9.17) is 4.74 Å². The highest BCUT2D eigenvalue weighted by Crippen LogP contribution is 2.18. The van der Waals surface area contributed by atoms with Crippen molar-refractivity contribution in [2.24, 2.45) is 0 Å². The second kappa shape index (κ2) is 7.21. The third-order valence-corrected chi connectivity index (χ3v) is 3.81. The third kappa shape index (κ3) is 5.75. The summed E-state index contributed by atoms with van der Waals surface area (Å²) in [5.41, 5.74) is 1.73. The van der Waals surface area contributed by atoms with Crippen molar-refractivity contribution >= 4 is 11.8 Å². The van der Waals surface area contributed by atoms with Crippen LogP contribution < -0.4 is 5.32 Å². The number of amides is 1. The summed E-state index contributed by atoms with van der Waals surface area (Å²) in [6.45, 7) is 8.38. The van der Waals surface area contributed by atoms with Crippen molar-refractivity contribution in [2.45, 2.75) is 45.4 Å². The van der Waals surface area contributed by atoms with Gasteiger partial charge in [0.2, 0.25) is 0 Å². The number of anilines is 1. The maximum Gasteiger partial charge on any atom is 0.410 e. The largest absolute Gasteiger partial charge is 0.444 e. The van der Waals surface area contributed by atoms with E-state index in [0.29, 0.717) is 12.6 Å². The number of hydrogen-bond donors (Lipinski definition) is 1. The third-order valence-electron chi connectivity index (χ3n) is 3.81. The van der Waals surface area contributed by atoms with E-state index in [-0.39, 0.29) is 6.09 Å². The fourth-order valence-electron chi connectivity index (χ4n) is 2.73. The van der Waals surface area contributed by atoms with Crippen molar-refractivity contribution in [1.29, 1.82) is 0 Å². The minimum absolute atomic E-state index is 0.298. The molecule has 1 N–H and O–H groups in total. The fraction of sp³-hybridized carbons (Fsp3) is 0.611. The van der Waals surface area contributed by atoms with Crippen molar-refractivity contribution in [1.82, 2.24) is 9.80 Å². The number of carbonyl (C=O) groups is 1. The van der Waals surface area contributed by atoms with Gasteiger partial charge in [0.25, 0.3) is 0 Å². The summed E-state index contributed by atoms with van der Waals surface area (Å²) < 4.78 is 5.39. The minimum Gasteiger partial charge on any atom is -0.444 e. The van der Waals surface area contributed by atoms with Gasteiger partial charge in [0, 0.05) is 31.9 Å². The highest BCUT2D eigenvalue weighted by molar-refractivity contribution is 5.67. The molecular formula is C18H29N3O2. The van der Waals surface area contributed by atoms with Gasteiger partial charge in [-0.05, 0) is 58.5 Å². The quantitative estimate of drug-likeness (QED) is 0.926. The zero-order valence-corrected chi connectivity index (χ0v) is 14.9. The van der Waals surface area contributed by atoms with Gasteiger partial charge in [-0.3, -0.25) is 0 Å². The first-order valence-electron chi connectivity index (χ1n) is 8.21. The molecule has 0 bridgehead atoms. The van der Waals surface area contributed by atoms with Gasteiger partial charge in [-0.25, -0.2) is 4.79 Å². The molecule has 1 amide bonds. The normalized spacial score (nSPS) is 18.7. The molecule has 5 heteroatoms. The molecule has 128 valence electrons. The van der Waals surface area contributed by atoms with Gasteiger partial charge in [-0.15, -0.1) is 0 Å². The number of ether oxygens (including phenoxy) is 1.